The van der Waals surface area contributed by atoms with Crippen LogP contribution in [0.15, 0.2) is 47.4 Å². The number of aryl methyl sites for hydroxylation is 1. The Labute approximate surface area is 218 Å². The summed E-state index contributed by atoms with van der Waals surface area (Å²) in [7, 11) is 1.57. The molecule has 3 N–H and O–H groups in total. The third-order valence-electron chi connectivity index (χ3n) is 4.49. The molecule has 0 aliphatic rings. The van der Waals surface area contributed by atoms with Crippen molar-refractivity contribution in [2.24, 2.45) is 0 Å². The average molecular weight is 517 g/mol. The highest BCUT2D eigenvalue weighted by Gasteiger charge is 2.34. The standard InChI is InChI=1S/C27H37N3O5S/c1-10-11-19-16-20(30(24(31)34-26(3,4)5)25(32)35-27(6,7)8)17-22(23(19)28-33-9)29-36-21-14-12-18(2)13-15-21/h10-17,28-29H,1-9H3/p+1/b11-10-. The van der Waals surface area contributed by atoms with Crippen molar-refractivity contribution in [2.75, 3.05) is 16.7 Å². The lowest BCUT2D eigenvalue weighted by molar-refractivity contribution is -0.829. The summed E-state index contributed by atoms with van der Waals surface area (Å²) in [6.07, 6.45) is 2.08. The monoisotopic (exact) mass is 516 g/mol. The molecule has 2 amide bonds. The number of carbonyl (C=O) groups excluding carboxylic acids is 2. The zero-order chi connectivity index (χ0) is 27.1. The van der Waals surface area contributed by atoms with E-state index in [0.717, 1.165) is 26.6 Å². The first kappa shape index (κ1) is 29.2. The van der Waals surface area contributed by atoms with Crippen LogP contribution < -0.4 is 15.1 Å². The molecule has 2 aromatic rings. The number of hydrogen-bond donors (Lipinski definition) is 2. The Morgan fingerprint density at radius 1 is 0.972 bits per heavy atom. The van der Waals surface area contributed by atoms with Crippen molar-refractivity contribution in [3.05, 3.63) is 53.6 Å². The van der Waals surface area contributed by atoms with Crippen molar-refractivity contribution < 1.29 is 29.4 Å². The minimum Gasteiger partial charge on any atom is -0.443 e. The fourth-order valence-corrected chi connectivity index (χ4v) is 3.73. The van der Waals surface area contributed by atoms with Crippen molar-refractivity contribution in [3.8, 4) is 0 Å². The maximum absolute atomic E-state index is 13.2. The summed E-state index contributed by atoms with van der Waals surface area (Å²) in [5, 5.41) is 0. The second kappa shape index (κ2) is 12.3. The van der Waals surface area contributed by atoms with Gasteiger partial charge in [-0.1, -0.05) is 29.8 Å². The molecular weight excluding hydrogens is 478 g/mol. The van der Waals surface area contributed by atoms with Gasteiger partial charge in [0, 0.05) is 10.5 Å². The molecule has 0 spiro atoms. The van der Waals surface area contributed by atoms with Crippen LogP contribution in [-0.2, 0) is 14.3 Å². The van der Waals surface area contributed by atoms with Gasteiger partial charge in [0.1, 0.15) is 16.9 Å². The summed E-state index contributed by atoms with van der Waals surface area (Å²) in [4.78, 5) is 33.7. The van der Waals surface area contributed by atoms with Crippen LogP contribution in [0.3, 0.4) is 0 Å². The number of allylic oxidation sites excluding steroid dienone is 1. The molecule has 0 saturated heterocycles. The van der Waals surface area contributed by atoms with E-state index in [0.29, 0.717) is 11.4 Å². The molecule has 0 aliphatic carbocycles. The van der Waals surface area contributed by atoms with Crippen molar-refractivity contribution in [1.82, 2.24) is 0 Å². The maximum atomic E-state index is 13.2. The second-order valence-electron chi connectivity index (χ2n) is 10.2. The number of nitrogens with zero attached hydrogens (tertiary/aromatic N) is 1. The Balaban J connectivity index is 2.62. The zero-order valence-corrected chi connectivity index (χ0v) is 23.4. The highest BCUT2D eigenvalue weighted by Crippen LogP contribution is 2.35. The molecule has 36 heavy (non-hydrogen) atoms. The van der Waals surface area contributed by atoms with Gasteiger partial charge < -0.3 is 14.2 Å². The van der Waals surface area contributed by atoms with E-state index in [2.05, 4.69) is 4.72 Å². The Morgan fingerprint density at radius 3 is 2.00 bits per heavy atom. The van der Waals surface area contributed by atoms with E-state index < -0.39 is 23.4 Å². The molecular formula is C27H38N3O5S+. The van der Waals surface area contributed by atoms with Gasteiger partial charge in [0.05, 0.1) is 12.8 Å². The van der Waals surface area contributed by atoms with Gasteiger partial charge in [-0.25, -0.2) is 14.4 Å². The Bertz CT molecular complexity index is 1060. The number of rotatable bonds is 7. The van der Waals surface area contributed by atoms with Crippen molar-refractivity contribution in [1.29, 1.82) is 0 Å². The average Bonchev–Trinajstić information content (AvgIpc) is 2.73. The van der Waals surface area contributed by atoms with Gasteiger partial charge in [-0.05, 0) is 91.6 Å². The van der Waals surface area contributed by atoms with Crippen LogP contribution in [0, 0.1) is 6.92 Å². The van der Waals surface area contributed by atoms with Crippen LogP contribution in [0.5, 0.6) is 0 Å². The molecule has 0 atom stereocenters. The number of carbonyl (C=O) groups is 2. The summed E-state index contributed by atoms with van der Waals surface area (Å²) in [6, 6.07) is 11.5. The molecule has 9 heteroatoms. The number of nitrogens with two attached hydrogens (primary N) is 1. The summed E-state index contributed by atoms with van der Waals surface area (Å²) in [6.45, 7) is 14.4. The molecule has 0 aromatic heterocycles. The summed E-state index contributed by atoms with van der Waals surface area (Å²) in [5.74, 6) is 0. The topological polar surface area (TPSA) is 93.7 Å². The molecule has 8 nitrogen and oxygen atoms in total. The largest absolute Gasteiger partial charge is 0.443 e. The highest BCUT2D eigenvalue weighted by molar-refractivity contribution is 8.00. The van der Waals surface area contributed by atoms with Crippen LogP contribution in [0.1, 0.15) is 59.6 Å². The molecule has 2 rings (SSSR count). The zero-order valence-electron chi connectivity index (χ0n) is 22.6. The number of ether oxygens (including phenoxy) is 2. The Morgan fingerprint density at radius 2 is 1.53 bits per heavy atom. The van der Waals surface area contributed by atoms with Crippen LogP contribution in [0.25, 0.3) is 6.08 Å². The number of nitrogens with one attached hydrogen (secondary N) is 1. The first-order chi connectivity index (χ1) is 16.7. The predicted molar refractivity (Wildman–Crippen MR) is 145 cm³/mol. The van der Waals surface area contributed by atoms with Gasteiger partial charge in [-0.15, -0.1) is 0 Å². The minimum absolute atomic E-state index is 0.298. The van der Waals surface area contributed by atoms with Crippen LogP contribution >= 0.6 is 11.9 Å². The van der Waals surface area contributed by atoms with Crippen molar-refractivity contribution in [2.45, 2.75) is 71.5 Å². The van der Waals surface area contributed by atoms with Crippen LogP contribution in [0.2, 0.25) is 0 Å². The van der Waals surface area contributed by atoms with Gasteiger partial charge in [0.2, 0.25) is 0 Å². The number of anilines is 2. The van der Waals surface area contributed by atoms with Crippen LogP contribution in [0.4, 0.5) is 26.7 Å². The highest BCUT2D eigenvalue weighted by atomic mass is 32.2. The lowest BCUT2D eigenvalue weighted by Crippen LogP contribution is -2.76. The number of hydrogen-bond acceptors (Lipinski definition) is 7. The fourth-order valence-electron chi connectivity index (χ4n) is 3.06. The maximum Gasteiger partial charge on any atom is 0.424 e. The molecule has 0 saturated carbocycles. The quantitative estimate of drug-likeness (QED) is 0.244. The molecule has 0 bridgehead atoms. The Hall–Kier alpha value is -3.01. The molecule has 2 aromatic carbocycles. The van der Waals surface area contributed by atoms with Crippen LogP contribution in [-0.4, -0.2) is 30.5 Å². The molecule has 0 radical (unpaired) electrons. The molecule has 0 unspecified atom stereocenters. The first-order valence-electron chi connectivity index (χ1n) is 11.7. The van der Waals surface area contributed by atoms with E-state index in [1.54, 1.807) is 66.3 Å². The van der Waals surface area contributed by atoms with E-state index in [9.17, 15) is 9.59 Å². The number of imide groups is 1. The fraction of sp³-hybridized carbons (Fsp3) is 0.407. The lowest BCUT2D eigenvalue weighted by atomic mass is 10.1. The van der Waals surface area contributed by atoms with Crippen molar-refractivity contribution >= 4 is 47.3 Å². The third kappa shape index (κ3) is 8.89. The normalized spacial score (nSPS) is 11.9. The number of benzene rings is 2. The van der Waals surface area contributed by atoms with Gasteiger partial charge in [0.25, 0.3) is 0 Å². The summed E-state index contributed by atoms with van der Waals surface area (Å²) in [5.41, 5.74) is 3.59. The number of quaternary nitrogens is 1. The number of amides is 2. The van der Waals surface area contributed by atoms with Gasteiger partial charge in [-0.2, -0.15) is 10.4 Å². The molecule has 0 heterocycles. The van der Waals surface area contributed by atoms with E-state index in [1.165, 1.54) is 11.9 Å². The van der Waals surface area contributed by atoms with Crippen molar-refractivity contribution in [3.63, 3.8) is 0 Å². The summed E-state index contributed by atoms with van der Waals surface area (Å²) < 4.78 is 14.5. The van der Waals surface area contributed by atoms with Gasteiger partial charge >= 0.3 is 12.2 Å². The first-order valence-corrected chi connectivity index (χ1v) is 12.5. The van der Waals surface area contributed by atoms with E-state index in [1.807, 2.05) is 50.3 Å². The molecule has 196 valence electrons. The van der Waals surface area contributed by atoms with E-state index >= 15 is 0 Å². The Kier molecular flexibility index (Phi) is 9.98. The SMILES string of the molecule is C/C=C\c1cc(N(C(=O)OC(C)(C)C)C(=O)OC(C)(C)C)cc(NSc2ccc(C)cc2)c1[NH2+]OC. The predicted octanol–water partition coefficient (Wildman–Crippen LogP) is 6.58. The van der Waals surface area contributed by atoms with Gasteiger partial charge in [0.15, 0.2) is 5.69 Å². The molecule has 0 aliphatic heterocycles. The van der Waals surface area contributed by atoms with E-state index in [-0.39, 0.29) is 0 Å². The molecule has 0 fully saturated rings. The second-order valence-corrected chi connectivity index (χ2v) is 11.0. The third-order valence-corrected chi connectivity index (χ3v) is 5.32. The lowest BCUT2D eigenvalue weighted by Gasteiger charge is -2.29. The minimum atomic E-state index is -0.830. The van der Waals surface area contributed by atoms with Gasteiger partial charge in [-0.3, -0.25) is 0 Å². The smallest absolute Gasteiger partial charge is 0.424 e. The van der Waals surface area contributed by atoms with E-state index in [4.69, 9.17) is 14.3 Å². The summed E-state index contributed by atoms with van der Waals surface area (Å²) >= 11 is 1.41.